The van der Waals surface area contributed by atoms with E-state index in [9.17, 15) is 0 Å². The third kappa shape index (κ3) is 9.34. The molecule has 0 aliphatic rings. The smallest absolute Gasteiger partial charge is 0.122 e. The highest BCUT2D eigenvalue weighted by Crippen LogP contribution is 1.97. The van der Waals surface area contributed by atoms with Gasteiger partial charge in [-0.05, 0) is 54.3 Å². The van der Waals surface area contributed by atoms with Gasteiger partial charge in [0.1, 0.15) is 6.10 Å². The third-order valence-corrected chi connectivity index (χ3v) is 1.56. The molecule has 0 aliphatic carbocycles. The van der Waals surface area contributed by atoms with Gasteiger partial charge in [-0.25, -0.2) is 0 Å². The van der Waals surface area contributed by atoms with Gasteiger partial charge in [-0.1, -0.05) is 5.16 Å². The SMILES string of the molecule is C/C(CCCN(C)C)=N/OC(C)C. The van der Waals surface area contributed by atoms with Crippen molar-refractivity contribution < 1.29 is 4.84 Å². The average Bonchev–Trinajstić information content (AvgIpc) is 2.00. The maximum atomic E-state index is 5.14. The zero-order valence-corrected chi connectivity index (χ0v) is 9.50. The summed E-state index contributed by atoms with van der Waals surface area (Å²) >= 11 is 0. The number of oxime groups is 1. The van der Waals surface area contributed by atoms with Crippen molar-refractivity contribution in [3.63, 3.8) is 0 Å². The van der Waals surface area contributed by atoms with Gasteiger partial charge in [-0.2, -0.15) is 0 Å². The van der Waals surface area contributed by atoms with E-state index in [1.165, 1.54) is 0 Å². The quantitative estimate of drug-likeness (QED) is 0.469. The van der Waals surface area contributed by atoms with Gasteiger partial charge in [-0.15, -0.1) is 0 Å². The lowest BCUT2D eigenvalue weighted by atomic mass is 10.2. The van der Waals surface area contributed by atoms with Crippen molar-refractivity contribution in [3.05, 3.63) is 0 Å². The van der Waals surface area contributed by atoms with Crippen LogP contribution in [0.2, 0.25) is 0 Å². The molecular formula is C10H22N2O. The summed E-state index contributed by atoms with van der Waals surface area (Å²) in [5.74, 6) is 0. The summed E-state index contributed by atoms with van der Waals surface area (Å²) in [6.45, 7) is 7.08. The van der Waals surface area contributed by atoms with Crippen molar-refractivity contribution >= 4 is 5.71 Å². The van der Waals surface area contributed by atoms with E-state index in [1.54, 1.807) is 0 Å². The molecule has 78 valence electrons. The summed E-state index contributed by atoms with van der Waals surface area (Å²) in [4.78, 5) is 7.31. The van der Waals surface area contributed by atoms with E-state index >= 15 is 0 Å². The first-order valence-electron chi connectivity index (χ1n) is 4.86. The van der Waals surface area contributed by atoms with E-state index in [1.807, 2.05) is 20.8 Å². The second-order valence-corrected chi connectivity index (χ2v) is 3.89. The molecule has 0 radical (unpaired) electrons. The molecule has 0 bridgehead atoms. The van der Waals surface area contributed by atoms with Crippen LogP contribution in [0, 0.1) is 0 Å². The molecule has 0 aromatic rings. The first kappa shape index (κ1) is 12.4. The molecule has 0 aliphatic heterocycles. The van der Waals surface area contributed by atoms with Gasteiger partial charge in [0.05, 0.1) is 5.71 Å². The van der Waals surface area contributed by atoms with Crippen molar-refractivity contribution in [3.8, 4) is 0 Å². The van der Waals surface area contributed by atoms with Gasteiger partial charge in [0, 0.05) is 0 Å². The lowest BCUT2D eigenvalue weighted by molar-refractivity contribution is 0.0852. The first-order valence-corrected chi connectivity index (χ1v) is 4.86. The Hall–Kier alpha value is -0.570. The molecule has 0 rings (SSSR count). The molecule has 0 unspecified atom stereocenters. The minimum atomic E-state index is 0.184. The van der Waals surface area contributed by atoms with Gasteiger partial charge in [0.2, 0.25) is 0 Å². The number of nitrogens with zero attached hydrogens (tertiary/aromatic N) is 2. The maximum Gasteiger partial charge on any atom is 0.122 e. The summed E-state index contributed by atoms with van der Waals surface area (Å²) < 4.78 is 0. The van der Waals surface area contributed by atoms with E-state index < -0.39 is 0 Å². The highest BCUT2D eigenvalue weighted by atomic mass is 16.6. The molecule has 3 nitrogen and oxygen atoms in total. The molecule has 3 heteroatoms. The Kier molecular flexibility index (Phi) is 6.59. The first-order chi connectivity index (χ1) is 6.02. The summed E-state index contributed by atoms with van der Waals surface area (Å²) in [6.07, 6.45) is 2.35. The normalized spacial score (nSPS) is 12.7. The second-order valence-electron chi connectivity index (χ2n) is 3.89. The van der Waals surface area contributed by atoms with Crippen LogP contribution in [0.4, 0.5) is 0 Å². The minimum absolute atomic E-state index is 0.184. The van der Waals surface area contributed by atoms with Crippen LogP contribution in [-0.4, -0.2) is 37.4 Å². The molecule has 0 saturated carbocycles. The highest BCUT2D eigenvalue weighted by molar-refractivity contribution is 5.81. The van der Waals surface area contributed by atoms with Crippen LogP contribution < -0.4 is 0 Å². The Morgan fingerprint density at radius 3 is 2.46 bits per heavy atom. The molecular weight excluding hydrogens is 164 g/mol. The summed E-state index contributed by atoms with van der Waals surface area (Å²) in [5, 5.41) is 4.02. The van der Waals surface area contributed by atoms with Crippen molar-refractivity contribution in [2.24, 2.45) is 5.16 Å². The summed E-state index contributed by atoms with van der Waals surface area (Å²) in [6, 6.07) is 0. The molecule has 0 spiro atoms. The van der Waals surface area contributed by atoms with E-state index in [2.05, 4.69) is 24.2 Å². The summed E-state index contributed by atoms with van der Waals surface area (Å²) in [7, 11) is 4.16. The van der Waals surface area contributed by atoms with Crippen LogP contribution in [-0.2, 0) is 4.84 Å². The molecule has 0 atom stereocenters. The Labute approximate surface area is 81.7 Å². The van der Waals surface area contributed by atoms with E-state index in [0.29, 0.717) is 0 Å². The fourth-order valence-corrected chi connectivity index (χ4v) is 0.892. The third-order valence-electron chi connectivity index (χ3n) is 1.56. The fraction of sp³-hybridized carbons (Fsp3) is 0.900. The van der Waals surface area contributed by atoms with Gasteiger partial charge in [0.25, 0.3) is 0 Å². The van der Waals surface area contributed by atoms with Crippen LogP contribution in [0.15, 0.2) is 5.16 Å². The van der Waals surface area contributed by atoms with Crippen LogP contribution in [0.5, 0.6) is 0 Å². The average molecular weight is 186 g/mol. The highest BCUT2D eigenvalue weighted by Gasteiger charge is 1.96. The van der Waals surface area contributed by atoms with Crippen molar-refractivity contribution in [2.75, 3.05) is 20.6 Å². The van der Waals surface area contributed by atoms with Crippen molar-refractivity contribution in [1.29, 1.82) is 0 Å². The lowest BCUT2D eigenvalue weighted by Crippen LogP contribution is -2.13. The fourth-order valence-electron chi connectivity index (χ4n) is 0.892. The second kappa shape index (κ2) is 6.89. The molecule has 0 N–H and O–H groups in total. The Morgan fingerprint density at radius 1 is 1.38 bits per heavy atom. The standard InChI is InChI=1S/C10H22N2O/c1-9(2)13-11-10(3)7-6-8-12(4)5/h9H,6-8H2,1-5H3/b11-10-. The molecule has 0 aromatic carbocycles. The van der Waals surface area contributed by atoms with Crippen molar-refractivity contribution in [2.45, 2.75) is 39.7 Å². The van der Waals surface area contributed by atoms with Gasteiger partial charge in [0.15, 0.2) is 0 Å². The molecule has 0 heterocycles. The van der Waals surface area contributed by atoms with E-state index in [-0.39, 0.29) is 6.10 Å². The molecule has 0 saturated heterocycles. The summed E-state index contributed by atoms with van der Waals surface area (Å²) in [5.41, 5.74) is 1.08. The molecule has 0 aromatic heterocycles. The zero-order valence-electron chi connectivity index (χ0n) is 9.50. The minimum Gasteiger partial charge on any atom is -0.393 e. The Morgan fingerprint density at radius 2 is 2.00 bits per heavy atom. The lowest BCUT2D eigenvalue weighted by Gasteiger charge is -2.08. The number of hydrogen-bond donors (Lipinski definition) is 0. The predicted molar refractivity (Wildman–Crippen MR) is 57.1 cm³/mol. The van der Waals surface area contributed by atoms with Crippen LogP contribution in [0.1, 0.15) is 33.6 Å². The van der Waals surface area contributed by atoms with E-state index in [0.717, 1.165) is 25.1 Å². The van der Waals surface area contributed by atoms with Crippen molar-refractivity contribution in [1.82, 2.24) is 4.90 Å². The van der Waals surface area contributed by atoms with Gasteiger partial charge < -0.3 is 9.74 Å². The van der Waals surface area contributed by atoms with E-state index in [4.69, 9.17) is 4.84 Å². The van der Waals surface area contributed by atoms with Gasteiger partial charge in [-0.3, -0.25) is 0 Å². The molecule has 0 amide bonds. The van der Waals surface area contributed by atoms with Crippen LogP contribution in [0.3, 0.4) is 0 Å². The predicted octanol–water partition coefficient (Wildman–Crippen LogP) is 2.13. The Balaban J connectivity index is 3.49. The van der Waals surface area contributed by atoms with Gasteiger partial charge >= 0.3 is 0 Å². The van der Waals surface area contributed by atoms with Crippen LogP contribution >= 0.6 is 0 Å². The zero-order chi connectivity index (χ0) is 10.3. The topological polar surface area (TPSA) is 24.8 Å². The number of rotatable bonds is 6. The Bertz CT molecular complexity index is 153. The monoisotopic (exact) mass is 186 g/mol. The number of hydrogen-bond acceptors (Lipinski definition) is 3. The molecule has 13 heavy (non-hydrogen) atoms. The maximum absolute atomic E-state index is 5.14. The molecule has 0 fully saturated rings. The van der Waals surface area contributed by atoms with Crippen LogP contribution in [0.25, 0.3) is 0 Å². The largest absolute Gasteiger partial charge is 0.393 e.